The molecule has 6 heteroatoms. The fourth-order valence-electron chi connectivity index (χ4n) is 3.07. The summed E-state index contributed by atoms with van der Waals surface area (Å²) in [6.45, 7) is 2.61. The zero-order valence-electron chi connectivity index (χ0n) is 14.8. The van der Waals surface area contributed by atoms with Crippen LogP contribution in [0.3, 0.4) is 0 Å². The van der Waals surface area contributed by atoms with Gasteiger partial charge in [-0.05, 0) is 42.6 Å². The zero-order valence-corrected chi connectivity index (χ0v) is 15.6. The van der Waals surface area contributed by atoms with Crippen LogP contribution >= 0.6 is 11.6 Å². The summed E-state index contributed by atoms with van der Waals surface area (Å²) < 4.78 is 8.94. The molecule has 4 rings (SSSR count). The van der Waals surface area contributed by atoms with Gasteiger partial charge in [0, 0.05) is 10.4 Å². The lowest BCUT2D eigenvalue weighted by atomic mass is 10.1. The van der Waals surface area contributed by atoms with Gasteiger partial charge in [0.05, 0.1) is 12.2 Å². The van der Waals surface area contributed by atoms with Gasteiger partial charge in [-0.1, -0.05) is 48.0 Å². The molecule has 0 aliphatic heterocycles. The first kappa shape index (κ1) is 17.4. The van der Waals surface area contributed by atoms with Crippen LogP contribution in [-0.4, -0.2) is 21.0 Å². The Morgan fingerprint density at radius 2 is 1.74 bits per heavy atom. The summed E-state index contributed by atoms with van der Waals surface area (Å²) in [5, 5.41) is 7.15. The van der Waals surface area contributed by atoms with E-state index in [1.807, 2.05) is 49.4 Å². The number of rotatable bonds is 5. The Hall–Kier alpha value is -3.05. The van der Waals surface area contributed by atoms with E-state index in [1.54, 1.807) is 28.8 Å². The lowest BCUT2D eigenvalue weighted by molar-refractivity contribution is 0.298. The minimum Gasteiger partial charge on any atom is -0.491 e. The van der Waals surface area contributed by atoms with Crippen LogP contribution in [0.25, 0.3) is 16.5 Å². The average Bonchev–Trinajstić information content (AvgIpc) is 2.97. The molecule has 0 atom stereocenters. The van der Waals surface area contributed by atoms with Gasteiger partial charge in [-0.3, -0.25) is 4.57 Å². The lowest BCUT2D eigenvalue weighted by Crippen LogP contribution is -2.26. The topological polar surface area (TPSA) is 49.0 Å². The molecule has 136 valence electrons. The van der Waals surface area contributed by atoms with Gasteiger partial charge in [0.2, 0.25) is 0 Å². The van der Waals surface area contributed by atoms with Crippen molar-refractivity contribution in [3.05, 3.63) is 88.1 Å². The van der Waals surface area contributed by atoms with Crippen molar-refractivity contribution in [3.8, 4) is 11.4 Å². The van der Waals surface area contributed by atoms with Crippen LogP contribution in [0, 0.1) is 6.92 Å². The average molecular weight is 380 g/mol. The van der Waals surface area contributed by atoms with Crippen molar-refractivity contribution in [2.24, 2.45) is 0 Å². The van der Waals surface area contributed by atoms with Gasteiger partial charge in [-0.25, -0.2) is 4.79 Å². The minimum atomic E-state index is -0.198. The van der Waals surface area contributed by atoms with Gasteiger partial charge < -0.3 is 4.74 Å². The highest BCUT2D eigenvalue weighted by molar-refractivity contribution is 6.30. The Morgan fingerprint density at radius 3 is 2.56 bits per heavy atom. The number of nitrogens with zero attached hydrogens (tertiary/aromatic N) is 3. The highest BCUT2D eigenvalue weighted by Crippen LogP contribution is 2.25. The molecule has 27 heavy (non-hydrogen) atoms. The fraction of sp³-hybridized carbons (Fsp3) is 0.143. The predicted octanol–water partition coefficient (Wildman–Crippen LogP) is 4.23. The molecule has 3 aromatic carbocycles. The number of aromatic nitrogens is 3. The second-order valence-corrected chi connectivity index (χ2v) is 6.63. The highest BCUT2D eigenvalue weighted by atomic mass is 35.5. The third kappa shape index (κ3) is 3.46. The Bertz CT molecular complexity index is 1140. The summed E-state index contributed by atoms with van der Waals surface area (Å²) in [5.74, 6) is 1.44. The maximum atomic E-state index is 12.7. The first-order chi connectivity index (χ1) is 13.1. The van der Waals surface area contributed by atoms with E-state index in [0.29, 0.717) is 29.7 Å². The van der Waals surface area contributed by atoms with Crippen molar-refractivity contribution in [1.29, 1.82) is 0 Å². The SMILES string of the molecule is Cc1nn(-c2ccc(Cl)cc2)c(=O)n1CCOc1cccc2ccccc12. The summed E-state index contributed by atoms with van der Waals surface area (Å²) in [6.07, 6.45) is 0. The number of hydrogen-bond donors (Lipinski definition) is 0. The molecule has 0 spiro atoms. The summed E-state index contributed by atoms with van der Waals surface area (Å²) in [4.78, 5) is 12.7. The number of aryl methyl sites for hydroxylation is 1. The molecule has 1 heterocycles. The number of halogens is 1. The van der Waals surface area contributed by atoms with Gasteiger partial charge in [-0.2, -0.15) is 9.78 Å². The van der Waals surface area contributed by atoms with Crippen molar-refractivity contribution in [2.45, 2.75) is 13.5 Å². The fourth-order valence-corrected chi connectivity index (χ4v) is 3.20. The molecule has 0 fully saturated rings. The van der Waals surface area contributed by atoms with Crippen molar-refractivity contribution < 1.29 is 4.74 Å². The highest BCUT2D eigenvalue weighted by Gasteiger charge is 2.12. The second kappa shape index (κ2) is 7.29. The van der Waals surface area contributed by atoms with E-state index in [-0.39, 0.29) is 5.69 Å². The predicted molar refractivity (Wildman–Crippen MR) is 107 cm³/mol. The van der Waals surface area contributed by atoms with E-state index < -0.39 is 0 Å². The van der Waals surface area contributed by atoms with Crippen molar-refractivity contribution in [1.82, 2.24) is 14.3 Å². The molecule has 0 saturated carbocycles. The van der Waals surface area contributed by atoms with Crippen molar-refractivity contribution in [3.63, 3.8) is 0 Å². The van der Waals surface area contributed by atoms with Gasteiger partial charge >= 0.3 is 5.69 Å². The number of ether oxygens (including phenoxy) is 1. The van der Waals surface area contributed by atoms with Gasteiger partial charge in [0.25, 0.3) is 0 Å². The van der Waals surface area contributed by atoms with E-state index in [2.05, 4.69) is 5.10 Å². The molecule has 4 aromatic rings. The maximum absolute atomic E-state index is 12.7. The van der Waals surface area contributed by atoms with E-state index in [9.17, 15) is 4.79 Å². The van der Waals surface area contributed by atoms with E-state index in [1.165, 1.54) is 4.68 Å². The normalized spacial score (nSPS) is 11.0. The Balaban J connectivity index is 1.53. The molecule has 0 aliphatic carbocycles. The van der Waals surface area contributed by atoms with Gasteiger partial charge in [0.1, 0.15) is 18.2 Å². The molecule has 0 N–H and O–H groups in total. The molecule has 5 nitrogen and oxygen atoms in total. The van der Waals surface area contributed by atoms with Gasteiger partial charge in [0.15, 0.2) is 0 Å². The Kier molecular flexibility index (Phi) is 4.69. The zero-order chi connectivity index (χ0) is 18.8. The van der Waals surface area contributed by atoms with E-state index in [4.69, 9.17) is 16.3 Å². The first-order valence-electron chi connectivity index (χ1n) is 8.66. The molecule has 1 aromatic heterocycles. The third-order valence-electron chi connectivity index (χ3n) is 4.44. The summed E-state index contributed by atoms with van der Waals surface area (Å²) in [7, 11) is 0. The Labute approximate surface area is 161 Å². The molecule has 0 saturated heterocycles. The summed E-state index contributed by atoms with van der Waals surface area (Å²) in [5.41, 5.74) is 0.484. The standard InChI is InChI=1S/C21H18ClN3O2/c1-15-23-25(18-11-9-17(22)10-12-18)21(26)24(15)13-14-27-20-8-4-6-16-5-2-3-7-19(16)20/h2-12H,13-14H2,1H3. The smallest absolute Gasteiger partial charge is 0.350 e. The van der Waals surface area contributed by atoms with E-state index in [0.717, 1.165) is 16.5 Å². The molecule has 0 bridgehead atoms. The van der Waals surface area contributed by atoms with E-state index >= 15 is 0 Å². The number of hydrogen-bond acceptors (Lipinski definition) is 3. The van der Waals surface area contributed by atoms with Gasteiger partial charge in [-0.15, -0.1) is 0 Å². The van der Waals surface area contributed by atoms with Crippen LogP contribution in [-0.2, 0) is 6.54 Å². The largest absolute Gasteiger partial charge is 0.491 e. The molecule has 0 amide bonds. The van der Waals surface area contributed by atoms with Crippen molar-refractivity contribution in [2.75, 3.05) is 6.61 Å². The van der Waals surface area contributed by atoms with Crippen LogP contribution < -0.4 is 10.4 Å². The van der Waals surface area contributed by atoms with Crippen LogP contribution in [0.15, 0.2) is 71.5 Å². The third-order valence-corrected chi connectivity index (χ3v) is 4.69. The number of benzene rings is 3. The Morgan fingerprint density at radius 1 is 1.00 bits per heavy atom. The second-order valence-electron chi connectivity index (χ2n) is 6.20. The summed E-state index contributed by atoms with van der Waals surface area (Å²) in [6, 6.07) is 21.0. The van der Waals surface area contributed by atoms with Crippen LogP contribution in [0.4, 0.5) is 0 Å². The van der Waals surface area contributed by atoms with Crippen LogP contribution in [0.1, 0.15) is 5.82 Å². The number of fused-ring (bicyclic) bond motifs is 1. The lowest BCUT2D eigenvalue weighted by Gasteiger charge is -2.09. The first-order valence-corrected chi connectivity index (χ1v) is 9.04. The molecule has 0 radical (unpaired) electrons. The monoisotopic (exact) mass is 379 g/mol. The van der Waals surface area contributed by atoms with Crippen LogP contribution in [0.2, 0.25) is 5.02 Å². The van der Waals surface area contributed by atoms with Crippen molar-refractivity contribution >= 4 is 22.4 Å². The van der Waals surface area contributed by atoms with Crippen LogP contribution in [0.5, 0.6) is 5.75 Å². The molecule has 0 unspecified atom stereocenters. The quantitative estimate of drug-likeness (QED) is 0.521. The maximum Gasteiger partial charge on any atom is 0.350 e. The minimum absolute atomic E-state index is 0.198. The summed E-state index contributed by atoms with van der Waals surface area (Å²) >= 11 is 5.91. The molecular weight excluding hydrogens is 362 g/mol. The molecular formula is C21H18ClN3O2. The molecule has 0 aliphatic rings.